The van der Waals surface area contributed by atoms with Gasteiger partial charge in [0.25, 0.3) is 0 Å². The normalized spacial score (nSPS) is 12.6. The summed E-state index contributed by atoms with van der Waals surface area (Å²) in [5.74, 6) is 0.431. The fourth-order valence-corrected chi connectivity index (χ4v) is 1.89. The average molecular weight is 239 g/mol. The number of rotatable bonds is 7. The van der Waals surface area contributed by atoms with Crippen LogP contribution in [0.3, 0.4) is 0 Å². The molecule has 0 saturated heterocycles. The number of carbonyl (C=O) groups is 1. The van der Waals surface area contributed by atoms with Gasteiger partial charge in [-0.25, -0.2) is 0 Å². The Balaban J connectivity index is 4.62. The van der Waals surface area contributed by atoms with Gasteiger partial charge in [-0.2, -0.15) is 5.26 Å². The predicted molar refractivity (Wildman–Crippen MR) is 69.1 cm³/mol. The Kier molecular flexibility index (Phi) is 7.56. The van der Waals surface area contributed by atoms with Gasteiger partial charge >= 0.3 is 0 Å². The number of carbonyl (C=O) groups excluding carboxylic acids is 1. The van der Waals surface area contributed by atoms with E-state index < -0.39 is 0 Å². The number of nitrogens with two attached hydrogens (primary N) is 1. The molecular formula is C13H25N3O. The van der Waals surface area contributed by atoms with Crippen LogP contribution in [0.15, 0.2) is 0 Å². The molecule has 0 radical (unpaired) electrons. The number of hydrogen-bond donors (Lipinski definition) is 1. The fraction of sp³-hybridized carbons (Fsp3) is 0.846. The molecule has 0 saturated carbocycles. The number of amides is 1. The zero-order valence-electron chi connectivity index (χ0n) is 11.4. The maximum absolute atomic E-state index is 12.3. The fourth-order valence-electron chi connectivity index (χ4n) is 1.89. The molecule has 0 aliphatic carbocycles. The summed E-state index contributed by atoms with van der Waals surface area (Å²) in [4.78, 5) is 14.1. The average Bonchev–Trinajstić information content (AvgIpc) is 2.25. The van der Waals surface area contributed by atoms with Crippen molar-refractivity contribution in [3.05, 3.63) is 0 Å². The molecule has 0 aromatic carbocycles. The van der Waals surface area contributed by atoms with E-state index in [0.717, 1.165) is 6.42 Å². The predicted octanol–water partition coefficient (Wildman–Crippen LogP) is 1.76. The van der Waals surface area contributed by atoms with E-state index in [1.165, 1.54) is 0 Å². The van der Waals surface area contributed by atoms with Crippen LogP contribution in [0.2, 0.25) is 0 Å². The van der Waals surface area contributed by atoms with Crippen molar-refractivity contribution < 1.29 is 4.79 Å². The summed E-state index contributed by atoms with van der Waals surface area (Å²) in [5.41, 5.74) is 5.68. The third-order valence-corrected chi connectivity index (χ3v) is 2.76. The molecule has 0 fully saturated rings. The second-order valence-electron chi connectivity index (χ2n) is 5.10. The van der Waals surface area contributed by atoms with Crippen LogP contribution in [0.5, 0.6) is 0 Å². The van der Waals surface area contributed by atoms with Crippen LogP contribution in [-0.4, -0.2) is 29.9 Å². The Labute approximate surface area is 105 Å². The van der Waals surface area contributed by atoms with Gasteiger partial charge in [0.1, 0.15) is 0 Å². The van der Waals surface area contributed by atoms with Crippen molar-refractivity contribution in [1.29, 1.82) is 5.26 Å². The van der Waals surface area contributed by atoms with Crippen molar-refractivity contribution in [2.45, 2.75) is 46.6 Å². The maximum Gasteiger partial charge on any atom is 0.227 e. The van der Waals surface area contributed by atoms with Crippen molar-refractivity contribution in [2.75, 3.05) is 13.1 Å². The number of nitrogens with zero attached hydrogens (tertiary/aromatic N) is 2. The monoisotopic (exact) mass is 239 g/mol. The molecule has 0 rings (SSSR count). The van der Waals surface area contributed by atoms with Crippen molar-refractivity contribution in [3.63, 3.8) is 0 Å². The van der Waals surface area contributed by atoms with Crippen LogP contribution in [0.4, 0.5) is 0 Å². The highest BCUT2D eigenvalue weighted by molar-refractivity contribution is 5.79. The molecule has 1 atom stereocenters. The topological polar surface area (TPSA) is 70.1 Å². The highest BCUT2D eigenvalue weighted by Crippen LogP contribution is 2.15. The molecule has 4 nitrogen and oxygen atoms in total. The minimum absolute atomic E-state index is 0.0893. The smallest absolute Gasteiger partial charge is 0.227 e. The molecule has 98 valence electrons. The van der Waals surface area contributed by atoms with Crippen LogP contribution in [0.1, 0.15) is 40.5 Å². The molecular weight excluding hydrogens is 214 g/mol. The molecule has 0 spiro atoms. The zero-order valence-corrected chi connectivity index (χ0v) is 11.4. The Morgan fingerprint density at radius 3 is 2.29 bits per heavy atom. The summed E-state index contributed by atoms with van der Waals surface area (Å²) in [6.45, 7) is 9.00. The Morgan fingerprint density at radius 2 is 1.94 bits per heavy atom. The van der Waals surface area contributed by atoms with E-state index >= 15 is 0 Å². The maximum atomic E-state index is 12.3. The third-order valence-electron chi connectivity index (χ3n) is 2.76. The molecule has 2 N–H and O–H groups in total. The summed E-state index contributed by atoms with van der Waals surface area (Å²) in [6.07, 6.45) is 1.19. The molecule has 0 aliphatic heterocycles. The van der Waals surface area contributed by atoms with E-state index in [4.69, 9.17) is 11.0 Å². The lowest BCUT2D eigenvalue weighted by atomic mass is 9.95. The highest BCUT2D eigenvalue weighted by atomic mass is 16.2. The van der Waals surface area contributed by atoms with Gasteiger partial charge in [-0.1, -0.05) is 13.8 Å². The molecule has 4 heteroatoms. The Hall–Kier alpha value is -1.08. The molecule has 0 heterocycles. The summed E-state index contributed by atoms with van der Waals surface area (Å²) in [5, 5.41) is 8.61. The number of hydrogen-bond acceptors (Lipinski definition) is 3. The summed E-state index contributed by atoms with van der Waals surface area (Å²) >= 11 is 0. The quantitative estimate of drug-likeness (QED) is 0.736. The molecule has 1 unspecified atom stereocenters. The molecule has 0 aromatic rings. The minimum atomic E-state index is -0.115. The van der Waals surface area contributed by atoms with E-state index in [1.807, 2.05) is 13.8 Å². The van der Waals surface area contributed by atoms with Gasteiger partial charge in [0.05, 0.1) is 18.4 Å². The van der Waals surface area contributed by atoms with Crippen molar-refractivity contribution in [2.24, 2.45) is 17.6 Å². The van der Waals surface area contributed by atoms with Gasteiger partial charge in [-0.15, -0.1) is 0 Å². The van der Waals surface area contributed by atoms with Gasteiger partial charge in [0.2, 0.25) is 5.91 Å². The Morgan fingerprint density at radius 1 is 1.35 bits per heavy atom. The molecule has 0 aromatic heterocycles. The first-order chi connectivity index (χ1) is 7.93. The minimum Gasteiger partial charge on any atom is -0.339 e. The van der Waals surface area contributed by atoms with Crippen LogP contribution in [-0.2, 0) is 4.79 Å². The lowest BCUT2D eigenvalue weighted by Crippen LogP contribution is -2.44. The second-order valence-corrected chi connectivity index (χ2v) is 5.10. The molecule has 1 amide bonds. The first-order valence-electron chi connectivity index (χ1n) is 6.31. The van der Waals surface area contributed by atoms with E-state index in [1.54, 1.807) is 4.90 Å². The highest BCUT2D eigenvalue weighted by Gasteiger charge is 2.25. The lowest BCUT2D eigenvalue weighted by Gasteiger charge is -2.30. The first kappa shape index (κ1) is 15.9. The van der Waals surface area contributed by atoms with Crippen molar-refractivity contribution >= 4 is 5.91 Å². The van der Waals surface area contributed by atoms with Gasteiger partial charge in [0.15, 0.2) is 0 Å². The summed E-state index contributed by atoms with van der Waals surface area (Å²) in [7, 11) is 0. The zero-order chi connectivity index (χ0) is 13.4. The molecule has 0 aliphatic rings. The molecule has 0 bridgehead atoms. The van der Waals surface area contributed by atoms with E-state index in [-0.39, 0.29) is 17.9 Å². The van der Waals surface area contributed by atoms with Crippen molar-refractivity contribution in [1.82, 2.24) is 4.90 Å². The van der Waals surface area contributed by atoms with Crippen molar-refractivity contribution in [3.8, 4) is 6.07 Å². The van der Waals surface area contributed by atoms with Gasteiger partial charge in [0, 0.05) is 19.1 Å². The van der Waals surface area contributed by atoms with E-state index in [0.29, 0.717) is 25.4 Å². The van der Waals surface area contributed by atoms with Crippen LogP contribution in [0, 0.1) is 23.2 Å². The van der Waals surface area contributed by atoms with Gasteiger partial charge < -0.3 is 10.6 Å². The van der Waals surface area contributed by atoms with Crippen LogP contribution >= 0.6 is 0 Å². The van der Waals surface area contributed by atoms with E-state index in [9.17, 15) is 4.79 Å². The largest absolute Gasteiger partial charge is 0.339 e. The first-order valence-corrected chi connectivity index (χ1v) is 6.31. The molecule has 17 heavy (non-hydrogen) atoms. The van der Waals surface area contributed by atoms with Crippen LogP contribution in [0.25, 0.3) is 0 Å². The SMILES string of the molecule is CC(C)CC(CN)C(=O)N(CCC#N)C(C)C. The van der Waals surface area contributed by atoms with E-state index in [2.05, 4.69) is 19.9 Å². The van der Waals surface area contributed by atoms with Gasteiger partial charge in [-0.05, 0) is 26.2 Å². The summed E-state index contributed by atoms with van der Waals surface area (Å²) < 4.78 is 0. The lowest BCUT2D eigenvalue weighted by molar-refractivity contribution is -0.137. The van der Waals surface area contributed by atoms with Gasteiger partial charge in [-0.3, -0.25) is 4.79 Å². The third kappa shape index (κ3) is 5.69. The standard InChI is InChI=1S/C13H25N3O/c1-10(2)8-12(9-15)13(17)16(11(3)4)7-5-6-14/h10-12H,5,7-9,15H2,1-4H3. The Bertz CT molecular complexity index is 268. The number of nitriles is 1. The summed E-state index contributed by atoms with van der Waals surface area (Å²) in [6, 6.07) is 2.20. The van der Waals surface area contributed by atoms with Crippen LogP contribution < -0.4 is 5.73 Å². The second kappa shape index (κ2) is 8.08.